The lowest BCUT2D eigenvalue weighted by atomic mass is 10.0. The first-order valence-electron chi connectivity index (χ1n) is 10.3. The van der Waals surface area contributed by atoms with Gasteiger partial charge >= 0.3 is 0 Å². The van der Waals surface area contributed by atoms with Gasteiger partial charge in [0.2, 0.25) is 5.95 Å². The molecule has 0 bridgehead atoms. The maximum absolute atomic E-state index is 15.3. The van der Waals surface area contributed by atoms with Crippen LogP contribution in [0, 0.1) is 5.82 Å². The van der Waals surface area contributed by atoms with Gasteiger partial charge in [-0.1, -0.05) is 35.9 Å². The summed E-state index contributed by atoms with van der Waals surface area (Å²) in [6.45, 7) is -1.38. The van der Waals surface area contributed by atoms with Crippen molar-refractivity contribution in [1.29, 1.82) is 0 Å². The molecule has 13 heteroatoms. The van der Waals surface area contributed by atoms with Crippen molar-refractivity contribution in [2.24, 2.45) is 0 Å². The fourth-order valence-electron chi connectivity index (χ4n) is 3.50. The van der Waals surface area contributed by atoms with E-state index in [1.165, 1.54) is 35.0 Å². The summed E-state index contributed by atoms with van der Waals surface area (Å²) in [5.41, 5.74) is 4.67. The van der Waals surface area contributed by atoms with E-state index in [-0.39, 0.29) is 22.1 Å². The number of hydrogen-bond acceptors (Lipinski definition) is 5. The third-order valence-corrected chi connectivity index (χ3v) is 5.69. The lowest BCUT2D eigenvalue weighted by Crippen LogP contribution is -2.41. The van der Waals surface area contributed by atoms with Gasteiger partial charge in [0.05, 0.1) is 17.1 Å². The maximum Gasteiger partial charge on any atom is 0.294 e. The van der Waals surface area contributed by atoms with Crippen LogP contribution in [0.5, 0.6) is 0 Å². The molecule has 0 saturated heterocycles. The van der Waals surface area contributed by atoms with Crippen LogP contribution in [0.25, 0.3) is 16.8 Å². The van der Waals surface area contributed by atoms with Gasteiger partial charge < -0.3 is 16.2 Å². The Morgan fingerprint density at radius 3 is 2.47 bits per heavy atom. The molecule has 188 valence electrons. The highest BCUT2D eigenvalue weighted by Gasteiger charge is 2.40. The van der Waals surface area contributed by atoms with E-state index < -0.39 is 47.8 Å². The second-order valence-corrected chi connectivity index (χ2v) is 8.19. The zero-order valence-electron chi connectivity index (χ0n) is 18.1. The molecule has 4 aromatic rings. The number of aromatic nitrogens is 3. The number of benzene rings is 2. The summed E-state index contributed by atoms with van der Waals surface area (Å²) in [6, 6.07) is 9.16. The molecule has 1 amide bonds. The Bertz CT molecular complexity index is 1430. The molecule has 0 radical (unpaired) electrons. The lowest BCUT2D eigenvalue weighted by molar-refractivity contribution is -0.106. The van der Waals surface area contributed by atoms with Crippen LogP contribution in [0.2, 0.25) is 5.02 Å². The number of alkyl halides is 4. The number of amides is 1. The smallest absolute Gasteiger partial charge is 0.294 e. The molecule has 0 saturated carbocycles. The van der Waals surface area contributed by atoms with Crippen LogP contribution < -0.4 is 11.1 Å². The van der Waals surface area contributed by atoms with Gasteiger partial charge in [0, 0.05) is 17.3 Å². The molecule has 2 aromatic carbocycles. The quantitative estimate of drug-likeness (QED) is 0.300. The molecule has 0 aliphatic carbocycles. The number of nitrogens with one attached hydrogen (secondary N) is 1. The van der Waals surface area contributed by atoms with Gasteiger partial charge in [-0.25, -0.2) is 26.5 Å². The highest BCUT2D eigenvalue weighted by atomic mass is 35.5. The molecule has 2 heterocycles. The third-order valence-electron chi connectivity index (χ3n) is 5.37. The molecule has 4 N–H and O–H groups in total. The van der Waals surface area contributed by atoms with Gasteiger partial charge in [-0.3, -0.25) is 4.79 Å². The normalized spacial score (nSPS) is 12.8. The molecule has 0 aliphatic heterocycles. The molecule has 0 fully saturated rings. The number of carbonyl (C=O) groups excluding carboxylic acids is 1. The number of carbonyl (C=O) groups is 1. The first kappa shape index (κ1) is 25.3. The van der Waals surface area contributed by atoms with Gasteiger partial charge in [-0.05, 0) is 35.4 Å². The number of rotatable bonds is 7. The van der Waals surface area contributed by atoms with Crippen LogP contribution in [-0.2, 0) is 0 Å². The summed E-state index contributed by atoms with van der Waals surface area (Å²) < 4.78 is 71.1. The minimum atomic E-state index is -3.92. The van der Waals surface area contributed by atoms with Crippen molar-refractivity contribution in [2.45, 2.75) is 18.5 Å². The zero-order valence-corrected chi connectivity index (χ0v) is 18.9. The van der Waals surface area contributed by atoms with Crippen molar-refractivity contribution < 1.29 is 31.9 Å². The zero-order chi connectivity index (χ0) is 26.2. The van der Waals surface area contributed by atoms with Gasteiger partial charge in [0.15, 0.2) is 5.65 Å². The van der Waals surface area contributed by atoms with Crippen LogP contribution in [0.3, 0.4) is 0 Å². The number of nitrogen functional groups attached to an aromatic ring is 1. The number of nitrogens with zero attached hydrogens (tertiary/aromatic N) is 3. The van der Waals surface area contributed by atoms with Crippen LogP contribution in [0.1, 0.15) is 34.0 Å². The van der Waals surface area contributed by atoms with E-state index in [0.717, 1.165) is 24.3 Å². The van der Waals surface area contributed by atoms with E-state index in [9.17, 15) is 27.5 Å². The number of fused-ring (bicyclic) bond motifs is 1. The van der Waals surface area contributed by atoms with Crippen LogP contribution in [0.15, 0.2) is 54.7 Å². The van der Waals surface area contributed by atoms with E-state index in [1.54, 1.807) is 0 Å². The number of nitrogens with two attached hydrogens (primary N) is 1. The number of hydrogen-bond donors (Lipinski definition) is 3. The Kier molecular flexibility index (Phi) is 6.83. The standard InChI is InChI=1S/C23H17ClF5N5O2/c24-15-6-5-14(13-7-8-34-16(9-13)32-22(30)33-34)18(25)17(15)21(36)31-10-23(28,29)19(35)11-1-3-12(4-2-11)20(26)27/h1-9,19-20,35H,10H2,(H2,30,33)(H,31,36). The van der Waals surface area contributed by atoms with Crippen molar-refractivity contribution in [3.05, 3.63) is 82.3 Å². The highest BCUT2D eigenvalue weighted by molar-refractivity contribution is 6.34. The monoisotopic (exact) mass is 525 g/mol. The Balaban J connectivity index is 1.54. The first-order chi connectivity index (χ1) is 17.0. The highest BCUT2D eigenvalue weighted by Crippen LogP contribution is 2.33. The minimum absolute atomic E-state index is 0.00289. The fraction of sp³-hybridized carbons (Fsp3) is 0.174. The maximum atomic E-state index is 15.3. The Morgan fingerprint density at radius 1 is 1.14 bits per heavy atom. The summed E-state index contributed by atoms with van der Waals surface area (Å²) in [6.07, 6.45) is -3.75. The summed E-state index contributed by atoms with van der Waals surface area (Å²) in [7, 11) is 0. The molecule has 1 atom stereocenters. The van der Waals surface area contributed by atoms with E-state index >= 15 is 4.39 Å². The van der Waals surface area contributed by atoms with Gasteiger partial charge in [-0.15, -0.1) is 5.10 Å². The van der Waals surface area contributed by atoms with E-state index in [1.807, 2.05) is 5.32 Å². The third kappa shape index (κ3) is 4.95. The Morgan fingerprint density at radius 2 is 1.81 bits per heavy atom. The largest absolute Gasteiger partial charge is 0.382 e. The number of aliphatic hydroxyl groups excluding tert-OH is 1. The number of anilines is 1. The van der Waals surface area contributed by atoms with Crippen molar-refractivity contribution in [2.75, 3.05) is 12.3 Å². The summed E-state index contributed by atoms with van der Waals surface area (Å²) in [5, 5.41) is 15.5. The Labute approximate surface area is 205 Å². The number of halogens is 6. The van der Waals surface area contributed by atoms with Crippen molar-refractivity contribution >= 4 is 29.1 Å². The molecule has 36 heavy (non-hydrogen) atoms. The fourth-order valence-corrected chi connectivity index (χ4v) is 3.73. The molecule has 0 spiro atoms. The number of pyridine rings is 1. The van der Waals surface area contributed by atoms with E-state index in [2.05, 4.69) is 10.1 Å². The molecule has 0 aliphatic rings. The molecular weight excluding hydrogens is 509 g/mol. The average Bonchev–Trinajstić information content (AvgIpc) is 3.21. The van der Waals surface area contributed by atoms with E-state index in [0.29, 0.717) is 11.2 Å². The molecule has 7 nitrogen and oxygen atoms in total. The van der Waals surface area contributed by atoms with E-state index in [4.69, 9.17) is 17.3 Å². The lowest BCUT2D eigenvalue weighted by Gasteiger charge is -2.23. The van der Waals surface area contributed by atoms with Crippen LogP contribution >= 0.6 is 11.6 Å². The van der Waals surface area contributed by atoms with Crippen molar-refractivity contribution in [1.82, 2.24) is 19.9 Å². The second-order valence-electron chi connectivity index (χ2n) is 7.79. The molecular formula is C23H17ClF5N5O2. The van der Waals surface area contributed by atoms with Crippen molar-refractivity contribution in [3.63, 3.8) is 0 Å². The Hall–Kier alpha value is -3.77. The minimum Gasteiger partial charge on any atom is -0.382 e. The summed E-state index contributed by atoms with van der Waals surface area (Å²) >= 11 is 5.99. The predicted molar refractivity (Wildman–Crippen MR) is 121 cm³/mol. The average molecular weight is 526 g/mol. The number of aliphatic hydroxyl groups is 1. The predicted octanol–water partition coefficient (Wildman–Crippen LogP) is 4.81. The van der Waals surface area contributed by atoms with Gasteiger partial charge in [0.1, 0.15) is 11.9 Å². The van der Waals surface area contributed by atoms with Gasteiger partial charge in [0.25, 0.3) is 18.3 Å². The SMILES string of the molecule is Nc1nc2cc(-c3ccc(Cl)c(C(=O)NCC(F)(F)C(O)c4ccc(C(F)F)cc4)c3F)ccn2n1. The molecule has 4 rings (SSSR count). The topological polar surface area (TPSA) is 106 Å². The first-order valence-corrected chi connectivity index (χ1v) is 10.7. The summed E-state index contributed by atoms with van der Waals surface area (Å²) in [5.74, 6) is -6.23. The second kappa shape index (κ2) is 9.70. The molecule has 2 aromatic heterocycles. The van der Waals surface area contributed by atoms with Crippen molar-refractivity contribution in [3.8, 4) is 11.1 Å². The molecule has 1 unspecified atom stereocenters. The van der Waals surface area contributed by atoms with Crippen LogP contribution in [-0.4, -0.2) is 38.1 Å². The van der Waals surface area contributed by atoms with Crippen LogP contribution in [0.4, 0.5) is 27.9 Å². The summed E-state index contributed by atoms with van der Waals surface area (Å²) in [4.78, 5) is 16.6. The van der Waals surface area contributed by atoms with Gasteiger partial charge in [-0.2, -0.15) is 4.98 Å².